The quantitative estimate of drug-likeness (QED) is 0.354. The fourth-order valence-electron chi connectivity index (χ4n) is 7.61. The standard InChI is InChI=1S/C35H47N3O7/c1-6-13-22(4)37-19-12-18-35-29(32(41)38(31(35)33(37)42)25(20-39)21(2)3)28-26(45-35)16-10-11-17-27(40)36-23(5)30(44-34(28)43)24-14-8-7-9-15-24/h7-10,12,14-16,18,21-23,25-26,28-31,39H,6,11,13,17,19-20H2,1-5H3,(H,36,40)/b16-10-/t22?,23-,25-,26-,28+,29+,30+,31-,35+/m0/s1. The topological polar surface area (TPSA) is 125 Å². The van der Waals surface area contributed by atoms with E-state index in [0.717, 1.165) is 12.8 Å². The van der Waals surface area contributed by atoms with Gasteiger partial charge in [-0.1, -0.05) is 81.8 Å². The summed E-state index contributed by atoms with van der Waals surface area (Å²) in [6.07, 6.45) is 7.84. The summed E-state index contributed by atoms with van der Waals surface area (Å²) in [6, 6.07) is 6.86. The molecule has 0 aromatic heterocycles. The fourth-order valence-corrected chi connectivity index (χ4v) is 7.61. The SMILES string of the molecule is CCCC(C)N1CC=C[C@@]23O[C@H]4/C=C\CCC(=O)N[C@@H](C)[C@H](c5ccccc5)OC(=O)[C@H]4[C@@H]2C(=O)N([C@@H](CO)C(C)C)[C@H]3C1=O. The maximum absolute atomic E-state index is 14.7. The van der Waals surface area contributed by atoms with Crippen LogP contribution in [0.15, 0.2) is 54.6 Å². The summed E-state index contributed by atoms with van der Waals surface area (Å²) in [5.74, 6) is -3.74. The van der Waals surface area contributed by atoms with E-state index in [4.69, 9.17) is 9.47 Å². The van der Waals surface area contributed by atoms with Crippen LogP contribution in [-0.2, 0) is 28.7 Å². The number of nitrogens with zero attached hydrogens (tertiary/aromatic N) is 2. The van der Waals surface area contributed by atoms with Crippen molar-refractivity contribution in [2.45, 2.75) is 102 Å². The van der Waals surface area contributed by atoms with Crippen LogP contribution >= 0.6 is 0 Å². The number of nitrogens with one attached hydrogen (secondary N) is 1. The van der Waals surface area contributed by atoms with E-state index >= 15 is 0 Å². The van der Waals surface area contributed by atoms with Crippen molar-refractivity contribution in [1.82, 2.24) is 15.1 Å². The molecule has 1 aromatic carbocycles. The minimum absolute atomic E-state index is 0.0810. The zero-order chi connectivity index (χ0) is 32.5. The Morgan fingerprint density at radius 3 is 2.47 bits per heavy atom. The molecule has 2 fully saturated rings. The van der Waals surface area contributed by atoms with Gasteiger partial charge in [0.05, 0.1) is 30.7 Å². The molecular formula is C35H47N3O7. The second-order valence-electron chi connectivity index (χ2n) is 13.2. The first kappa shape index (κ1) is 32.9. The average molecular weight is 622 g/mol. The molecule has 5 rings (SSSR count). The van der Waals surface area contributed by atoms with E-state index in [0.29, 0.717) is 18.5 Å². The lowest BCUT2D eigenvalue weighted by Crippen LogP contribution is -2.60. The Balaban J connectivity index is 1.63. The van der Waals surface area contributed by atoms with Crippen molar-refractivity contribution in [1.29, 1.82) is 0 Å². The van der Waals surface area contributed by atoms with Crippen molar-refractivity contribution in [2.24, 2.45) is 17.8 Å². The Labute approximate surface area is 265 Å². The highest BCUT2D eigenvalue weighted by molar-refractivity contribution is 5.99. The number of carbonyl (C=O) groups excluding carboxylic acids is 4. The monoisotopic (exact) mass is 621 g/mol. The third kappa shape index (κ3) is 5.94. The van der Waals surface area contributed by atoms with Crippen LogP contribution in [0.5, 0.6) is 0 Å². The van der Waals surface area contributed by atoms with Crippen LogP contribution in [-0.4, -0.2) is 87.6 Å². The molecule has 0 aliphatic carbocycles. The number of fused-ring (bicyclic) bond motifs is 2. The summed E-state index contributed by atoms with van der Waals surface area (Å²) in [7, 11) is 0. The van der Waals surface area contributed by atoms with Gasteiger partial charge in [0.1, 0.15) is 23.7 Å². The number of carbonyl (C=O) groups is 4. The first-order chi connectivity index (χ1) is 21.5. The first-order valence-corrected chi connectivity index (χ1v) is 16.4. The molecule has 1 aromatic rings. The summed E-state index contributed by atoms with van der Waals surface area (Å²) in [5.41, 5.74) is -0.739. The molecule has 4 heterocycles. The number of allylic oxidation sites excluding steroid dienone is 1. The number of amides is 3. The summed E-state index contributed by atoms with van der Waals surface area (Å²) in [5, 5.41) is 13.5. The van der Waals surface area contributed by atoms with Crippen molar-refractivity contribution in [3.63, 3.8) is 0 Å². The number of esters is 1. The third-order valence-corrected chi connectivity index (χ3v) is 9.87. The van der Waals surface area contributed by atoms with Crippen molar-refractivity contribution in [3.05, 3.63) is 60.2 Å². The van der Waals surface area contributed by atoms with E-state index in [2.05, 4.69) is 12.2 Å². The van der Waals surface area contributed by atoms with Gasteiger partial charge < -0.3 is 29.7 Å². The highest BCUT2D eigenvalue weighted by Crippen LogP contribution is 2.54. The zero-order valence-electron chi connectivity index (χ0n) is 26.9. The third-order valence-electron chi connectivity index (χ3n) is 9.87. The van der Waals surface area contributed by atoms with Gasteiger partial charge in [-0.3, -0.25) is 19.2 Å². The van der Waals surface area contributed by atoms with Crippen LogP contribution in [0, 0.1) is 17.8 Å². The van der Waals surface area contributed by atoms with E-state index in [9.17, 15) is 24.3 Å². The summed E-state index contributed by atoms with van der Waals surface area (Å²) in [6.45, 7) is 9.67. The Bertz CT molecular complexity index is 1330. The average Bonchev–Trinajstić information content (AvgIpc) is 3.39. The van der Waals surface area contributed by atoms with E-state index in [1.807, 2.05) is 57.2 Å². The molecule has 0 radical (unpaired) electrons. The highest BCUT2D eigenvalue weighted by Gasteiger charge is 2.72. The van der Waals surface area contributed by atoms with Gasteiger partial charge in [-0.25, -0.2) is 0 Å². The number of benzene rings is 1. The van der Waals surface area contributed by atoms with Gasteiger partial charge in [0.25, 0.3) is 0 Å². The number of cyclic esters (lactones) is 1. The number of aliphatic hydroxyl groups is 1. The van der Waals surface area contributed by atoms with Gasteiger partial charge in [0.2, 0.25) is 17.7 Å². The van der Waals surface area contributed by atoms with Crippen LogP contribution in [0.2, 0.25) is 0 Å². The maximum Gasteiger partial charge on any atom is 0.313 e. The number of hydrogen-bond acceptors (Lipinski definition) is 7. The van der Waals surface area contributed by atoms with Gasteiger partial charge in [-0.05, 0) is 38.2 Å². The molecular weight excluding hydrogens is 574 g/mol. The smallest absolute Gasteiger partial charge is 0.313 e. The van der Waals surface area contributed by atoms with Crippen LogP contribution in [0.1, 0.15) is 72.0 Å². The van der Waals surface area contributed by atoms with Crippen molar-refractivity contribution < 1.29 is 33.8 Å². The zero-order valence-corrected chi connectivity index (χ0v) is 26.9. The number of ether oxygens (including phenoxy) is 2. The summed E-state index contributed by atoms with van der Waals surface area (Å²) in [4.78, 5) is 59.7. The maximum atomic E-state index is 14.7. The van der Waals surface area contributed by atoms with Crippen LogP contribution in [0.3, 0.4) is 0 Å². The van der Waals surface area contributed by atoms with Gasteiger partial charge in [0, 0.05) is 19.0 Å². The Hall–Kier alpha value is -3.50. The Morgan fingerprint density at radius 1 is 1.07 bits per heavy atom. The lowest BCUT2D eigenvalue weighted by Gasteiger charge is -2.41. The Kier molecular flexibility index (Phi) is 9.84. The lowest BCUT2D eigenvalue weighted by atomic mass is 9.77. The van der Waals surface area contributed by atoms with Gasteiger partial charge in [0.15, 0.2) is 0 Å². The van der Waals surface area contributed by atoms with Crippen LogP contribution < -0.4 is 5.32 Å². The number of hydrogen-bond donors (Lipinski definition) is 2. The van der Waals surface area contributed by atoms with Crippen LogP contribution in [0.25, 0.3) is 0 Å². The van der Waals surface area contributed by atoms with Crippen molar-refractivity contribution >= 4 is 23.7 Å². The molecule has 2 N–H and O–H groups in total. The molecule has 4 aliphatic heterocycles. The van der Waals surface area contributed by atoms with E-state index in [1.165, 1.54) is 4.90 Å². The highest BCUT2D eigenvalue weighted by atomic mass is 16.6. The molecule has 9 atom stereocenters. The minimum Gasteiger partial charge on any atom is -0.455 e. The predicted octanol–water partition coefficient (Wildman–Crippen LogP) is 3.31. The van der Waals surface area contributed by atoms with E-state index in [1.54, 1.807) is 30.1 Å². The molecule has 10 nitrogen and oxygen atoms in total. The second-order valence-corrected chi connectivity index (χ2v) is 13.2. The number of likely N-dealkylation sites (tertiary alicyclic amines) is 1. The number of rotatable bonds is 7. The Morgan fingerprint density at radius 2 is 1.80 bits per heavy atom. The van der Waals surface area contributed by atoms with Gasteiger partial charge in [-0.2, -0.15) is 0 Å². The largest absolute Gasteiger partial charge is 0.455 e. The minimum atomic E-state index is -1.45. The summed E-state index contributed by atoms with van der Waals surface area (Å²) >= 11 is 0. The molecule has 4 aliphatic rings. The molecule has 0 bridgehead atoms. The molecule has 1 unspecified atom stereocenters. The van der Waals surface area contributed by atoms with Crippen molar-refractivity contribution in [3.8, 4) is 0 Å². The fraction of sp³-hybridized carbons (Fsp3) is 0.600. The van der Waals surface area contributed by atoms with Crippen molar-refractivity contribution in [2.75, 3.05) is 13.2 Å². The van der Waals surface area contributed by atoms with E-state index in [-0.39, 0.29) is 36.8 Å². The van der Waals surface area contributed by atoms with Gasteiger partial charge in [-0.15, -0.1) is 0 Å². The molecule has 45 heavy (non-hydrogen) atoms. The second kappa shape index (κ2) is 13.5. The van der Waals surface area contributed by atoms with Gasteiger partial charge >= 0.3 is 5.97 Å². The van der Waals surface area contributed by atoms with Crippen LogP contribution in [0.4, 0.5) is 0 Å². The molecule has 1 spiro atoms. The molecule has 2 saturated heterocycles. The van der Waals surface area contributed by atoms with E-state index < -0.39 is 59.6 Å². The summed E-state index contributed by atoms with van der Waals surface area (Å²) < 4.78 is 13.0. The lowest BCUT2D eigenvalue weighted by molar-refractivity contribution is -0.162. The molecule has 3 amide bonds. The number of aliphatic hydroxyl groups excluding tert-OH is 1. The molecule has 10 heteroatoms. The first-order valence-electron chi connectivity index (χ1n) is 16.4. The normalized spacial score (nSPS) is 34.1. The molecule has 0 saturated carbocycles. The predicted molar refractivity (Wildman–Crippen MR) is 167 cm³/mol. The molecule has 244 valence electrons.